The Bertz CT molecular complexity index is 364. The van der Waals surface area contributed by atoms with Crippen molar-refractivity contribution in [1.29, 1.82) is 0 Å². The molecule has 6 nitrogen and oxygen atoms in total. The number of nitrogens with one attached hydrogen (secondary N) is 1. The Morgan fingerprint density at radius 3 is 2.47 bits per heavy atom. The summed E-state index contributed by atoms with van der Waals surface area (Å²) in [5.74, 6) is -1.07. The maximum Gasteiger partial charge on any atom is 0.303 e. The molecule has 0 unspecified atom stereocenters. The van der Waals surface area contributed by atoms with E-state index in [-0.39, 0.29) is 18.6 Å². The molecule has 2 N–H and O–H groups in total. The summed E-state index contributed by atoms with van der Waals surface area (Å²) < 4.78 is 25.6. The maximum atomic E-state index is 11.5. The Morgan fingerprint density at radius 2 is 1.84 bits per heavy atom. The predicted octanol–water partition coefficient (Wildman–Crippen LogP) is 0.647. The summed E-state index contributed by atoms with van der Waals surface area (Å²) in [6, 6.07) is 0. The SMILES string of the molecule is O=C(O)CCCS(=O)(=O)NCCCN1CCCCC1. The third kappa shape index (κ3) is 8.18. The van der Waals surface area contributed by atoms with Crippen LogP contribution in [0, 0.1) is 0 Å². The van der Waals surface area contributed by atoms with E-state index in [9.17, 15) is 13.2 Å². The molecule has 0 atom stereocenters. The first kappa shape index (κ1) is 16.4. The highest BCUT2D eigenvalue weighted by atomic mass is 32.2. The maximum absolute atomic E-state index is 11.5. The second-order valence-corrected chi connectivity index (χ2v) is 6.89. The van der Waals surface area contributed by atoms with Crippen LogP contribution in [0.15, 0.2) is 0 Å². The van der Waals surface area contributed by atoms with Crippen molar-refractivity contribution in [2.24, 2.45) is 0 Å². The average molecular weight is 292 g/mol. The van der Waals surface area contributed by atoms with Crippen LogP contribution < -0.4 is 4.72 Å². The van der Waals surface area contributed by atoms with Crippen LogP contribution in [0.5, 0.6) is 0 Å². The van der Waals surface area contributed by atoms with Crippen LogP contribution in [0.2, 0.25) is 0 Å². The molecule has 0 aliphatic carbocycles. The van der Waals surface area contributed by atoms with Gasteiger partial charge in [0.25, 0.3) is 0 Å². The summed E-state index contributed by atoms with van der Waals surface area (Å²) in [6.07, 6.45) is 4.64. The number of carboxylic acids is 1. The first-order valence-corrected chi connectivity index (χ1v) is 8.56. The number of carbonyl (C=O) groups is 1. The van der Waals surface area contributed by atoms with Crippen LogP contribution in [0.4, 0.5) is 0 Å². The van der Waals surface area contributed by atoms with E-state index in [1.54, 1.807) is 0 Å². The van der Waals surface area contributed by atoms with Crippen LogP contribution in [0.25, 0.3) is 0 Å². The van der Waals surface area contributed by atoms with Gasteiger partial charge in [0, 0.05) is 13.0 Å². The highest BCUT2D eigenvalue weighted by Gasteiger charge is 2.12. The van der Waals surface area contributed by atoms with Gasteiger partial charge in [0.2, 0.25) is 10.0 Å². The molecule has 0 spiro atoms. The van der Waals surface area contributed by atoms with Crippen molar-refractivity contribution in [2.75, 3.05) is 31.9 Å². The molecule has 19 heavy (non-hydrogen) atoms. The number of nitrogens with zero attached hydrogens (tertiary/aromatic N) is 1. The van der Waals surface area contributed by atoms with Gasteiger partial charge in [-0.25, -0.2) is 13.1 Å². The molecule has 0 aromatic rings. The molecule has 1 fully saturated rings. The summed E-state index contributed by atoms with van der Waals surface area (Å²) in [5, 5.41) is 8.45. The lowest BCUT2D eigenvalue weighted by molar-refractivity contribution is -0.137. The van der Waals surface area contributed by atoms with E-state index in [0.717, 1.165) is 26.1 Å². The molecular formula is C12H24N2O4S. The number of hydrogen-bond donors (Lipinski definition) is 2. The smallest absolute Gasteiger partial charge is 0.303 e. The van der Waals surface area contributed by atoms with Gasteiger partial charge in [-0.1, -0.05) is 6.42 Å². The van der Waals surface area contributed by atoms with Crippen LogP contribution in [0.3, 0.4) is 0 Å². The molecule has 0 radical (unpaired) electrons. The van der Waals surface area contributed by atoms with Gasteiger partial charge in [-0.15, -0.1) is 0 Å². The molecule has 1 aliphatic heterocycles. The van der Waals surface area contributed by atoms with Gasteiger partial charge in [0.1, 0.15) is 0 Å². The topological polar surface area (TPSA) is 86.7 Å². The standard InChI is InChI=1S/C12H24N2O4S/c15-12(16)6-4-11-19(17,18)13-7-5-10-14-8-2-1-3-9-14/h13H,1-11H2,(H,15,16). The Labute approximate surface area is 115 Å². The quantitative estimate of drug-likeness (QED) is 0.609. The summed E-state index contributed by atoms with van der Waals surface area (Å²) in [7, 11) is -3.31. The molecule has 7 heteroatoms. The molecule has 1 rings (SSSR count). The average Bonchev–Trinajstić information content (AvgIpc) is 2.35. The fourth-order valence-electron chi connectivity index (χ4n) is 2.20. The fourth-order valence-corrected chi connectivity index (χ4v) is 3.32. The van der Waals surface area contributed by atoms with Crippen LogP contribution >= 0.6 is 0 Å². The second-order valence-electron chi connectivity index (χ2n) is 4.97. The summed E-state index contributed by atoms with van der Waals surface area (Å²) in [6.45, 7) is 3.60. The van der Waals surface area contributed by atoms with E-state index in [1.165, 1.54) is 19.3 Å². The minimum Gasteiger partial charge on any atom is -0.481 e. The van der Waals surface area contributed by atoms with Crippen molar-refractivity contribution >= 4 is 16.0 Å². The Balaban J connectivity index is 2.08. The van der Waals surface area contributed by atoms with Crippen LogP contribution in [-0.2, 0) is 14.8 Å². The summed E-state index contributed by atoms with van der Waals surface area (Å²) in [4.78, 5) is 12.7. The lowest BCUT2D eigenvalue weighted by Gasteiger charge is -2.26. The molecule has 112 valence electrons. The molecule has 1 heterocycles. The lowest BCUT2D eigenvalue weighted by atomic mass is 10.1. The van der Waals surface area contributed by atoms with Gasteiger partial charge >= 0.3 is 5.97 Å². The van der Waals surface area contributed by atoms with E-state index in [4.69, 9.17) is 5.11 Å². The molecule has 0 bridgehead atoms. The minimum atomic E-state index is -3.31. The molecule has 0 aromatic carbocycles. The molecule has 0 aromatic heterocycles. The zero-order chi connectivity index (χ0) is 14.1. The second kappa shape index (κ2) is 8.50. The molecule has 0 amide bonds. The van der Waals surface area contributed by atoms with Gasteiger partial charge < -0.3 is 10.0 Å². The molecule has 0 saturated carbocycles. The highest BCUT2D eigenvalue weighted by molar-refractivity contribution is 7.89. The Hall–Kier alpha value is -0.660. The number of rotatable bonds is 9. The van der Waals surface area contributed by atoms with E-state index in [0.29, 0.717) is 6.54 Å². The number of piperidine rings is 1. The third-order valence-electron chi connectivity index (χ3n) is 3.23. The van der Waals surface area contributed by atoms with E-state index in [1.807, 2.05) is 0 Å². The van der Waals surface area contributed by atoms with Crippen molar-refractivity contribution in [3.8, 4) is 0 Å². The van der Waals surface area contributed by atoms with E-state index < -0.39 is 16.0 Å². The number of hydrogen-bond acceptors (Lipinski definition) is 4. The van der Waals surface area contributed by atoms with Crippen molar-refractivity contribution in [2.45, 2.75) is 38.5 Å². The van der Waals surface area contributed by atoms with Crippen molar-refractivity contribution in [1.82, 2.24) is 9.62 Å². The predicted molar refractivity (Wildman–Crippen MR) is 73.6 cm³/mol. The molecular weight excluding hydrogens is 268 g/mol. The number of aliphatic carboxylic acids is 1. The lowest BCUT2D eigenvalue weighted by Crippen LogP contribution is -2.34. The summed E-state index contributed by atoms with van der Waals surface area (Å²) >= 11 is 0. The third-order valence-corrected chi connectivity index (χ3v) is 4.70. The van der Waals surface area contributed by atoms with Gasteiger partial charge in [0.05, 0.1) is 5.75 Å². The van der Waals surface area contributed by atoms with Gasteiger partial charge in [0.15, 0.2) is 0 Å². The monoisotopic (exact) mass is 292 g/mol. The van der Waals surface area contributed by atoms with Gasteiger partial charge in [-0.05, 0) is 45.3 Å². The van der Waals surface area contributed by atoms with Crippen molar-refractivity contribution in [3.05, 3.63) is 0 Å². The Morgan fingerprint density at radius 1 is 1.16 bits per heavy atom. The Kier molecular flexibility index (Phi) is 7.33. The minimum absolute atomic E-state index is 0.102. The fraction of sp³-hybridized carbons (Fsp3) is 0.917. The van der Waals surface area contributed by atoms with E-state index in [2.05, 4.69) is 9.62 Å². The van der Waals surface area contributed by atoms with Crippen molar-refractivity contribution in [3.63, 3.8) is 0 Å². The number of sulfonamides is 1. The summed E-state index contributed by atoms with van der Waals surface area (Å²) in [5.41, 5.74) is 0. The zero-order valence-electron chi connectivity index (χ0n) is 11.3. The molecule has 1 saturated heterocycles. The number of likely N-dealkylation sites (tertiary alicyclic amines) is 1. The van der Waals surface area contributed by atoms with Gasteiger partial charge in [-0.3, -0.25) is 4.79 Å². The van der Waals surface area contributed by atoms with Crippen LogP contribution in [0.1, 0.15) is 38.5 Å². The van der Waals surface area contributed by atoms with Gasteiger partial charge in [-0.2, -0.15) is 0 Å². The first-order chi connectivity index (χ1) is 8.99. The van der Waals surface area contributed by atoms with Crippen molar-refractivity contribution < 1.29 is 18.3 Å². The zero-order valence-corrected chi connectivity index (χ0v) is 12.1. The molecule has 1 aliphatic rings. The first-order valence-electron chi connectivity index (χ1n) is 6.91. The number of carboxylic acid groups (broad SMARTS) is 1. The normalized spacial score (nSPS) is 17.5. The largest absolute Gasteiger partial charge is 0.481 e. The highest BCUT2D eigenvalue weighted by Crippen LogP contribution is 2.08. The van der Waals surface area contributed by atoms with E-state index >= 15 is 0 Å². The van der Waals surface area contributed by atoms with Crippen LogP contribution in [-0.4, -0.2) is 56.3 Å².